The average molecular weight is 820 g/mol. The van der Waals surface area contributed by atoms with Crippen LogP contribution in [0.4, 0.5) is 27.8 Å². The number of carbonyl (C=O) groups is 5. The number of aromatic nitrogens is 2. The van der Waals surface area contributed by atoms with E-state index in [9.17, 15) is 29.1 Å². The molecule has 9 rings (SSSR count). The molecule has 6 heterocycles. The molecule has 3 atom stereocenters. The number of primary amides is 1. The van der Waals surface area contributed by atoms with Crippen molar-refractivity contribution < 1.29 is 29.1 Å². The van der Waals surface area contributed by atoms with E-state index in [1.807, 2.05) is 36.2 Å². The number of benzene rings is 2. The van der Waals surface area contributed by atoms with Crippen LogP contribution >= 0.6 is 0 Å². The zero-order valence-electron chi connectivity index (χ0n) is 33.9. The third kappa shape index (κ3) is 7.71. The first-order chi connectivity index (χ1) is 29.0. The minimum atomic E-state index is -1.24. The number of fused-ring (bicyclic) bond motifs is 1. The molecule has 17 heteroatoms. The molecule has 0 radical (unpaired) electrons. The van der Waals surface area contributed by atoms with Gasteiger partial charge in [-0.3, -0.25) is 29.4 Å². The number of piperidine rings is 3. The quantitative estimate of drug-likeness (QED) is 0.177. The number of aliphatic hydroxyl groups excluding tert-OH is 1. The van der Waals surface area contributed by atoms with Gasteiger partial charge in [-0.05, 0) is 93.6 Å². The van der Waals surface area contributed by atoms with E-state index >= 15 is 0 Å². The number of carbonyl (C=O) groups excluding carboxylic acids is 5. The van der Waals surface area contributed by atoms with Crippen molar-refractivity contribution in [3.05, 3.63) is 71.0 Å². The molecule has 60 heavy (non-hydrogen) atoms. The van der Waals surface area contributed by atoms with E-state index in [0.717, 1.165) is 83.5 Å². The molecule has 5 fully saturated rings. The van der Waals surface area contributed by atoms with E-state index in [-0.39, 0.29) is 42.6 Å². The fourth-order valence-electron chi connectivity index (χ4n) is 10.0. The van der Waals surface area contributed by atoms with Gasteiger partial charge in [0.15, 0.2) is 17.7 Å². The lowest BCUT2D eigenvalue weighted by molar-refractivity contribution is -0.139. The molecule has 1 unspecified atom stereocenters. The third-order valence-corrected chi connectivity index (χ3v) is 13.4. The first-order valence-corrected chi connectivity index (χ1v) is 21.3. The lowest BCUT2D eigenvalue weighted by Gasteiger charge is -2.41. The predicted octanol–water partition coefficient (Wildman–Crippen LogP) is 2.98. The normalized spacial score (nSPS) is 26.3. The Hall–Kier alpha value is -5.81. The summed E-state index contributed by atoms with van der Waals surface area (Å²) in [7, 11) is 1.83. The van der Waals surface area contributed by atoms with Crippen LogP contribution in [-0.4, -0.2) is 135 Å². The topological polar surface area (TPSA) is 210 Å². The Bertz CT molecular complexity index is 2170. The van der Waals surface area contributed by atoms with E-state index in [1.54, 1.807) is 17.2 Å². The molecule has 17 nitrogen and oxygen atoms in total. The largest absolute Gasteiger partial charge is 0.382 e. The number of aliphatic hydroxyl groups is 1. The standard InChI is InChI=1S/C43H53N11O6/c1-50-18-19-53(43(50)60)30-4-3-15-52(24-30)34-22-45-37(38(44)56)39(48-34)47-28-9-7-26(8-10-28)27-13-16-51(17-14-27)23-25-20-29(21-25)46-32-6-2-5-31-36(32)42(59)54(41(31)58)33-11-12-35(55)49-40(33)57/h2,5-10,22,25,27,29-30,33,41,46,58H,3-4,11-21,23-24H2,1H3,(H2,44,56)(H,47,48)(H,49,55,57)/t25?,29?,30-,33-,41?/m1/s1. The molecule has 1 saturated carbocycles. The maximum Gasteiger partial charge on any atom is 0.320 e. The van der Waals surface area contributed by atoms with Crippen LogP contribution < -0.4 is 26.6 Å². The molecule has 6 aliphatic rings. The van der Waals surface area contributed by atoms with Gasteiger partial charge in [-0.1, -0.05) is 24.3 Å². The van der Waals surface area contributed by atoms with Gasteiger partial charge in [0.2, 0.25) is 11.8 Å². The maximum atomic E-state index is 13.6. The molecule has 6 N–H and O–H groups in total. The maximum absolute atomic E-state index is 13.6. The van der Waals surface area contributed by atoms with Crippen LogP contribution in [0, 0.1) is 5.92 Å². The zero-order chi connectivity index (χ0) is 41.7. The Labute approximate surface area is 348 Å². The molecule has 5 aliphatic heterocycles. The van der Waals surface area contributed by atoms with Crippen LogP contribution in [0.2, 0.25) is 0 Å². The Morgan fingerprint density at radius 2 is 1.75 bits per heavy atom. The number of likely N-dealkylation sites (N-methyl/N-ethyl adjacent to an activating group) is 1. The smallest absolute Gasteiger partial charge is 0.320 e. The number of anilines is 4. The van der Waals surface area contributed by atoms with Crippen molar-refractivity contribution in [2.45, 2.75) is 81.6 Å². The van der Waals surface area contributed by atoms with Crippen LogP contribution in [0.3, 0.4) is 0 Å². The number of hydrogen-bond acceptors (Lipinski definition) is 12. The number of nitrogens with zero attached hydrogens (tertiary/aromatic N) is 7. The molecule has 6 amide bonds. The van der Waals surface area contributed by atoms with Crippen molar-refractivity contribution in [2.24, 2.45) is 11.7 Å². The highest BCUT2D eigenvalue weighted by Gasteiger charge is 2.46. The number of imide groups is 1. The highest BCUT2D eigenvalue weighted by Crippen LogP contribution is 2.41. The summed E-state index contributed by atoms with van der Waals surface area (Å²) in [6.45, 7) is 5.93. The van der Waals surface area contributed by atoms with Crippen LogP contribution in [-0.2, 0) is 9.59 Å². The second-order valence-corrected chi connectivity index (χ2v) is 17.3. The summed E-state index contributed by atoms with van der Waals surface area (Å²) < 4.78 is 0. The number of nitrogens with two attached hydrogens (primary N) is 1. The number of likely N-dealkylation sites (tertiary alicyclic amines) is 1. The highest BCUT2D eigenvalue weighted by molar-refractivity contribution is 6.08. The third-order valence-electron chi connectivity index (χ3n) is 13.4. The van der Waals surface area contributed by atoms with Gasteiger partial charge in [0.1, 0.15) is 11.9 Å². The molecule has 4 saturated heterocycles. The second kappa shape index (κ2) is 16.3. The first-order valence-electron chi connectivity index (χ1n) is 21.3. The van der Waals surface area contributed by atoms with Crippen molar-refractivity contribution >= 4 is 52.7 Å². The predicted molar refractivity (Wildman–Crippen MR) is 223 cm³/mol. The van der Waals surface area contributed by atoms with Crippen LogP contribution in [0.25, 0.3) is 0 Å². The van der Waals surface area contributed by atoms with Gasteiger partial charge >= 0.3 is 6.03 Å². The average Bonchev–Trinajstić information content (AvgIpc) is 3.70. The van der Waals surface area contributed by atoms with Gasteiger partial charge in [-0.2, -0.15) is 0 Å². The fraction of sp³-hybridized carbons (Fsp3) is 0.512. The fourth-order valence-corrected chi connectivity index (χ4v) is 10.0. The Balaban J connectivity index is 0.754. The summed E-state index contributed by atoms with van der Waals surface area (Å²) in [5.74, 6) is -0.0438. The molecular weight excluding hydrogens is 767 g/mol. The summed E-state index contributed by atoms with van der Waals surface area (Å²) in [5.41, 5.74) is 9.39. The molecule has 1 aromatic heterocycles. The summed E-state index contributed by atoms with van der Waals surface area (Å²) in [6.07, 6.45) is 6.59. The lowest BCUT2D eigenvalue weighted by Crippen LogP contribution is -2.53. The van der Waals surface area contributed by atoms with Gasteiger partial charge < -0.3 is 41.1 Å². The number of nitrogens with one attached hydrogen (secondary N) is 3. The first kappa shape index (κ1) is 39.6. The van der Waals surface area contributed by atoms with Crippen molar-refractivity contribution in [3.63, 3.8) is 0 Å². The molecular formula is C43H53N11O6. The Morgan fingerprint density at radius 1 is 0.967 bits per heavy atom. The van der Waals surface area contributed by atoms with E-state index in [4.69, 9.17) is 10.7 Å². The Morgan fingerprint density at radius 3 is 2.47 bits per heavy atom. The second-order valence-electron chi connectivity index (χ2n) is 17.3. The molecule has 1 aliphatic carbocycles. The van der Waals surface area contributed by atoms with Crippen molar-refractivity contribution in [1.82, 2.24) is 34.9 Å². The monoisotopic (exact) mass is 819 g/mol. The van der Waals surface area contributed by atoms with Gasteiger partial charge in [0.05, 0.1) is 17.8 Å². The summed E-state index contributed by atoms with van der Waals surface area (Å²) in [5, 5.41) is 20.2. The van der Waals surface area contributed by atoms with E-state index in [2.05, 4.69) is 42.9 Å². The Kier molecular flexibility index (Phi) is 10.8. The van der Waals surface area contributed by atoms with E-state index in [1.165, 1.54) is 10.5 Å². The molecule has 3 aromatic rings. The molecule has 0 spiro atoms. The SMILES string of the molecule is CN1CCN([C@@H]2CCCN(c3cnc(C(N)=O)c(Nc4ccc(C5CCN(CC6CC(Nc7cccc8c7C(=O)N([C@@H]7CCC(=O)NC7=O)C8O)C6)CC5)cc4)n3)C2)C1=O. The summed E-state index contributed by atoms with van der Waals surface area (Å²) in [6, 6.07) is 13.2. The van der Waals surface area contributed by atoms with Crippen LogP contribution in [0.1, 0.15) is 95.5 Å². The van der Waals surface area contributed by atoms with Gasteiger partial charge in [-0.15, -0.1) is 0 Å². The number of urea groups is 1. The number of amides is 6. The van der Waals surface area contributed by atoms with Crippen molar-refractivity contribution in [3.8, 4) is 0 Å². The van der Waals surface area contributed by atoms with Crippen molar-refractivity contribution in [1.29, 1.82) is 0 Å². The molecule has 0 bridgehead atoms. The summed E-state index contributed by atoms with van der Waals surface area (Å²) in [4.78, 5) is 81.6. The van der Waals surface area contributed by atoms with Gasteiger partial charge in [0.25, 0.3) is 11.8 Å². The van der Waals surface area contributed by atoms with Crippen LogP contribution in [0.5, 0.6) is 0 Å². The highest BCUT2D eigenvalue weighted by atomic mass is 16.3. The number of rotatable bonds is 11. The molecule has 316 valence electrons. The zero-order valence-corrected chi connectivity index (χ0v) is 33.9. The minimum absolute atomic E-state index is 0.0610. The minimum Gasteiger partial charge on any atom is -0.382 e. The van der Waals surface area contributed by atoms with Crippen molar-refractivity contribution in [2.75, 3.05) is 68.4 Å². The molecule has 2 aromatic carbocycles. The van der Waals surface area contributed by atoms with Crippen LogP contribution in [0.15, 0.2) is 48.7 Å². The van der Waals surface area contributed by atoms with E-state index < -0.39 is 30.0 Å². The lowest BCUT2D eigenvalue weighted by atomic mass is 9.79. The number of hydrogen-bond donors (Lipinski definition) is 5. The summed E-state index contributed by atoms with van der Waals surface area (Å²) >= 11 is 0. The van der Waals surface area contributed by atoms with Gasteiger partial charge in [-0.25, -0.2) is 14.8 Å². The van der Waals surface area contributed by atoms with Gasteiger partial charge in [0, 0.05) is 69.2 Å². The van der Waals surface area contributed by atoms with E-state index in [0.29, 0.717) is 46.8 Å².